The van der Waals surface area contributed by atoms with Gasteiger partial charge in [0.1, 0.15) is 6.33 Å². The number of carbonyl (C=O) groups excluding carboxylic acids is 1. The van der Waals surface area contributed by atoms with Crippen molar-refractivity contribution in [2.75, 3.05) is 11.2 Å². The Labute approximate surface area is 77.7 Å². The van der Waals surface area contributed by atoms with E-state index < -0.39 is 5.91 Å². The first-order chi connectivity index (χ1) is 6.77. The average Bonchev–Trinajstić information content (AvgIpc) is 2.77. The molecule has 0 bridgehead atoms. The zero-order valence-electron chi connectivity index (χ0n) is 6.91. The summed E-state index contributed by atoms with van der Waals surface area (Å²) in [4.78, 5) is 14.9. The van der Waals surface area contributed by atoms with E-state index in [4.69, 9.17) is 10.2 Å². The molecule has 72 valence electrons. The molecule has 2 aromatic heterocycles. The van der Waals surface area contributed by atoms with Crippen LogP contribution in [0.2, 0.25) is 0 Å². The predicted octanol–water partition coefficient (Wildman–Crippen LogP) is -0.768. The third-order valence-corrected chi connectivity index (χ3v) is 1.45. The first kappa shape index (κ1) is 8.23. The van der Waals surface area contributed by atoms with Crippen molar-refractivity contribution in [2.24, 2.45) is 0 Å². The number of amides is 1. The van der Waals surface area contributed by atoms with Gasteiger partial charge >= 0.3 is 5.91 Å². The van der Waals surface area contributed by atoms with Gasteiger partial charge < -0.3 is 10.2 Å². The lowest BCUT2D eigenvalue weighted by Gasteiger charge is -2.02. The first-order valence-electron chi connectivity index (χ1n) is 3.62. The van der Waals surface area contributed by atoms with Gasteiger partial charge in [-0.1, -0.05) is 0 Å². The average molecular weight is 194 g/mol. The van der Waals surface area contributed by atoms with Crippen LogP contribution >= 0.6 is 0 Å². The standard InChI is InChI=1S/C6H6N6O2/c7-6-10-9-2-12(6)11-5(13)4-1-8-3-14-4/h1-3H,(H2,7,10)(H,11,13). The Hall–Kier alpha value is -2.38. The zero-order valence-corrected chi connectivity index (χ0v) is 6.91. The highest BCUT2D eigenvalue weighted by Gasteiger charge is 2.10. The summed E-state index contributed by atoms with van der Waals surface area (Å²) in [6.07, 6.45) is 3.71. The number of carbonyl (C=O) groups is 1. The Morgan fingerprint density at radius 2 is 2.50 bits per heavy atom. The molecule has 0 unspecified atom stereocenters. The van der Waals surface area contributed by atoms with Gasteiger partial charge in [-0.3, -0.25) is 10.2 Å². The lowest BCUT2D eigenvalue weighted by molar-refractivity contribution is 0.0982. The quantitative estimate of drug-likeness (QED) is 0.649. The Morgan fingerprint density at radius 3 is 3.07 bits per heavy atom. The summed E-state index contributed by atoms with van der Waals surface area (Å²) in [5.74, 6) is -0.315. The van der Waals surface area contributed by atoms with Gasteiger partial charge in [0.05, 0.1) is 6.20 Å². The molecule has 8 heteroatoms. The van der Waals surface area contributed by atoms with Crippen LogP contribution in [0.3, 0.4) is 0 Å². The summed E-state index contributed by atoms with van der Waals surface area (Å²) < 4.78 is 5.94. The van der Waals surface area contributed by atoms with Crippen LogP contribution in [0.1, 0.15) is 10.6 Å². The number of oxazole rings is 1. The smallest absolute Gasteiger partial charge is 0.307 e. The Balaban J connectivity index is 2.13. The van der Waals surface area contributed by atoms with Crippen LogP contribution in [-0.4, -0.2) is 25.8 Å². The van der Waals surface area contributed by atoms with E-state index >= 15 is 0 Å². The molecule has 0 aliphatic rings. The normalized spacial score (nSPS) is 10.0. The van der Waals surface area contributed by atoms with Crippen LogP contribution < -0.4 is 11.2 Å². The Kier molecular flexibility index (Phi) is 1.86. The van der Waals surface area contributed by atoms with Crippen molar-refractivity contribution in [3.8, 4) is 0 Å². The van der Waals surface area contributed by atoms with E-state index in [0.29, 0.717) is 0 Å². The van der Waals surface area contributed by atoms with Crippen molar-refractivity contribution in [3.05, 3.63) is 24.7 Å². The van der Waals surface area contributed by atoms with Crippen molar-refractivity contribution in [2.45, 2.75) is 0 Å². The topological polar surface area (TPSA) is 112 Å². The van der Waals surface area contributed by atoms with E-state index in [9.17, 15) is 4.79 Å². The minimum Gasteiger partial charge on any atom is -0.438 e. The summed E-state index contributed by atoms with van der Waals surface area (Å²) in [7, 11) is 0. The number of aromatic nitrogens is 4. The van der Waals surface area contributed by atoms with E-state index in [1.165, 1.54) is 17.2 Å². The van der Waals surface area contributed by atoms with Crippen LogP contribution in [-0.2, 0) is 0 Å². The maximum absolute atomic E-state index is 11.3. The van der Waals surface area contributed by atoms with Crippen LogP contribution in [0.4, 0.5) is 5.95 Å². The van der Waals surface area contributed by atoms with Gasteiger partial charge in [-0.05, 0) is 0 Å². The molecule has 0 aliphatic carbocycles. The molecule has 0 spiro atoms. The van der Waals surface area contributed by atoms with Gasteiger partial charge in [0.15, 0.2) is 6.39 Å². The Morgan fingerprint density at radius 1 is 1.64 bits per heavy atom. The summed E-state index contributed by atoms with van der Waals surface area (Å²) in [5.41, 5.74) is 7.76. The molecule has 0 saturated heterocycles. The highest BCUT2D eigenvalue weighted by Crippen LogP contribution is 1.98. The summed E-state index contributed by atoms with van der Waals surface area (Å²) in [6.45, 7) is 0. The maximum atomic E-state index is 11.3. The van der Waals surface area contributed by atoms with Gasteiger partial charge in [0.25, 0.3) is 0 Å². The van der Waals surface area contributed by atoms with Crippen molar-refractivity contribution in [3.63, 3.8) is 0 Å². The molecule has 1 amide bonds. The second-order valence-electron chi connectivity index (χ2n) is 2.37. The van der Waals surface area contributed by atoms with Gasteiger partial charge in [0, 0.05) is 0 Å². The predicted molar refractivity (Wildman–Crippen MR) is 44.6 cm³/mol. The number of hydrogen-bond acceptors (Lipinski definition) is 6. The third-order valence-electron chi connectivity index (χ3n) is 1.45. The molecule has 0 aromatic carbocycles. The molecule has 0 saturated carbocycles. The molecule has 2 heterocycles. The van der Waals surface area contributed by atoms with Gasteiger partial charge in [-0.25, -0.2) is 9.66 Å². The number of rotatable bonds is 2. The highest BCUT2D eigenvalue weighted by molar-refractivity contribution is 5.97. The van der Waals surface area contributed by atoms with Crippen LogP contribution in [0.25, 0.3) is 0 Å². The molecule has 0 radical (unpaired) electrons. The number of hydrogen-bond donors (Lipinski definition) is 2. The molecular weight excluding hydrogens is 188 g/mol. The van der Waals surface area contributed by atoms with E-state index in [1.807, 2.05) is 0 Å². The Bertz CT molecular complexity index is 433. The first-order valence-corrected chi connectivity index (χ1v) is 3.62. The van der Waals surface area contributed by atoms with E-state index in [-0.39, 0.29) is 11.7 Å². The number of nitrogen functional groups attached to an aromatic ring is 1. The lowest BCUT2D eigenvalue weighted by Crippen LogP contribution is -2.23. The number of nitrogens with two attached hydrogens (primary N) is 1. The molecule has 8 nitrogen and oxygen atoms in total. The summed E-state index contributed by atoms with van der Waals surface area (Å²) in [5, 5.41) is 6.96. The molecule has 0 atom stereocenters. The van der Waals surface area contributed by atoms with Gasteiger partial charge in [-0.15, -0.1) is 10.2 Å². The van der Waals surface area contributed by atoms with Gasteiger partial charge in [-0.2, -0.15) is 0 Å². The molecular formula is C6H6N6O2. The monoisotopic (exact) mass is 194 g/mol. The number of nitrogens with one attached hydrogen (secondary N) is 1. The van der Waals surface area contributed by atoms with E-state index in [0.717, 1.165) is 6.39 Å². The van der Waals surface area contributed by atoms with Crippen LogP contribution in [0.15, 0.2) is 23.3 Å². The second kappa shape index (κ2) is 3.17. The molecule has 3 N–H and O–H groups in total. The van der Waals surface area contributed by atoms with Crippen molar-refractivity contribution in [1.29, 1.82) is 0 Å². The van der Waals surface area contributed by atoms with Gasteiger partial charge in [0.2, 0.25) is 11.7 Å². The fourth-order valence-electron chi connectivity index (χ4n) is 0.822. The maximum Gasteiger partial charge on any atom is 0.307 e. The van der Waals surface area contributed by atoms with E-state index in [1.54, 1.807) is 0 Å². The van der Waals surface area contributed by atoms with Crippen LogP contribution in [0.5, 0.6) is 0 Å². The SMILES string of the molecule is Nc1nncn1NC(=O)c1cnco1. The minimum atomic E-state index is -0.478. The summed E-state index contributed by atoms with van der Waals surface area (Å²) >= 11 is 0. The zero-order chi connectivity index (χ0) is 9.97. The molecule has 0 fully saturated rings. The largest absolute Gasteiger partial charge is 0.438 e. The summed E-state index contributed by atoms with van der Waals surface area (Å²) in [6, 6.07) is 0. The van der Waals surface area contributed by atoms with Crippen molar-refractivity contribution in [1.82, 2.24) is 19.9 Å². The second-order valence-corrected chi connectivity index (χ2v) is 2.37. The van der Waals surface area contributed by atoms with Crippen molar-refractivity contribution >= 4 is 11.9 Å². The third kappa shape index (κ3) is 1.40. The fourth-order valence-corrected chi connectivity index (χ4v) is 0.822. The minimum absolute atomic E-state index is 0.0814. The van der Waals surface area contributed by atoms with Crippen molar-refractivity contribution < 1.29 is 9.21 Å². The molecule has 14 heavy (non-hydrogen) atoms. The fraction of sp³-hybridized carbons (Fsp3) is 0. The van der Waals surface area contributed by atoms with Crippen LogP contribution in [0, 0.1) is 0 Å². The number of nitrogens with zero attached hydrogens (tertiary/aromatic N) is 4. The molecule has 0 aliphatic heterocycles. The number of anilines is 1. The lowest BCUT2D eigenvalue weighted by atomic mass is 10.5. The molecule has 2 rings (SSSR count). The highest BCUT2D eigenvalue weighted by atomic mass is 16.3. The molecule has 2 aromatic rings. The van der Waals surface area contributed by atoms with E-state index in [2.05, 4.69) is 20.6 Å².